The fourth-order valence-electron chi connectivity index (χ4n) is 4.34. The van der Waals surface area contributed by atoms with Gasteiger partial charge in [-0.3, -0.25) is 4.79 Å². The Morgan fingerprint density at radius 3 is 2.38 bits per heavy atom. The van der Waals surface area contributed by atoms with Gasteiger partial charge in [-0.2, -0.15) is 11.8 Å². The molecule has 1 amide bonds. The lowest BCUT2D eigenvalue weighted by molar-refractivity contribution is -0.142. The van der Waals surface area contributed by atoms with Crippen LogP contribution in [0, 0.1) is 6.92 Å². The van der Waals surface area contributed by atoms with Gasteiger partial charge >= 0.3 is 5.97 Å². The van der Waals surface area contributed by atoms with Gasteiger partial charge in [0.1, 0.15) is 6.04 Å². The van der Waals surface area contributed by atoms with E-state index in [4.69, 9.17) is 9.47 Å². The number of nitrogens with one attached hydrogen (secondary N) is 2. The van der Waals surface area contributed by atoms with Crippen LogP contribution < -0.4 is 10.6 Å². The first-order valence-electron chi connectivity index (χ1n) is 13.4. The topological polar surface area (TPSA) is 76.7 Å². The van der Waals surface area contributed by atoms with E-state index in [1.54, 1.807) is 11.8 Å². The van der Waals surface area contributed by atoms with Gasteiger partial charge in [0.2, 0.25) is 0 Å². The number of methoxy groups -OCH3 is 1. The van der Waals surface area contributed by atoms with Crippen LogP contribution in [0.25, 0.3) is 11.1 Å². The number of rotatable bonds is 15. The number of carbonyl (C=O) groups is 2. The Morgan fingerprint density at radius 2 is 1.69 bits per heavy atom. The minimum atomic E-state index is -0.692. The molecule has 6 nitrogen and oxygen atoms in total. The molecule has 0 saturated heterocycles. The van der Waals surface area contributed by atoms with Crippen LogP contribution in [0.4, 0.5) is 0 Å². The van der Waals surface area contributed by atoms with Gasteiger partial charge in [-0.15, -0.1) is 0 Å². The molecule has 0 aliphatic heterocycles. The number of hydrogen-bond donors (Lipinski definition) is 2. The van der Waals surface area contributed by atoms with Crippen molar-refractivity contribution >= 4 is 23.6 Å². The Balaban J connectivity index is 1.76. The molecular weight excluding hydrogens is 508 g/mol. The summed E-state index contributed by atoms with van der Waals surface area (Å²) in [6.45, 7) is 6.02. The Hall–Kier alpha value is -3.13. The molecule has 2 N–H and O–H groups in total. The Labute approximate surface area is 236 Å². The molecule has 0 bridgehead atoms. The fourth-order valence-corrected chi connectivity index (χ4v) is 4.81. The number of ether oxygens (including phenoxy) is 2. The molecule has 0 saturated carbocycles. The van der Waals surface area contributed by atoms with Crippen molar-refractivity contribution < 1.29 is 19.1 Å². The van der Waals surface area contributed by atoms with E-state index in [1.165, 1.54) is 7.11 Å². The van der Waals surface area contributed by atoms with Crippen LogP contribution in [0.15, 0.2) is 72.8 Å². The molecule has 0 aliphatic rings. The molecule has 7 heteroatoms. The lowest BCUT2D eigenvalue weighted by Crippen LogP contribution is -2.42. The van der Waals surface area contributed by atoms with E-state index in [-0.39, 0.29) is 11.9 Å². The zero-order chi connectivity index (χ0) is 28.0. The van der Waals surface area contributed by atoms with E-state index in [0.717, 1.165) is 40.0 Å². The smallest absolute Gasteiger partial charge is 0.328 e. The van der Waals surface area contributed by atoms with Crippen LogP contribution in [0.5, 0.6) is 0 Å². The van der Waals surface area contributed by atoms with Crippen molar-refractivity contribution in [3.8, 4) is 11.1 Å². The van der Waals surface area contributed by atoms with E-state index >= 15 is 0 Å². The fraction of sp³-hybridized carbons (Fsp3) is 0.375. The van der Waals surface area contributed by atoms with Crippen LogP contribution in [0.1, 0.15) is 46.8 Å². The number of thioether (sulfide) groups is 1. The molecule has 2 atom stereocenters. The van der Waals surface area contributed by atoms with Gasteiger partial charge in [-0.25, -0.2) is 4.79 Å². The largest absolute Gasteiger partial charge is 0.467 e. The maximum Gasteiger partial charge on any atom is 0.328 e. The second kappa shape index (κ2) is 16.1. The minimum Gasteiger partial charge on any atom is -0.467 e. The van der Waals surface area contributed by atoms with Gasteiger partial charge in [0.15, 0.2) is 0 Å². The van der Waals surface area contributed by atoms with E-state index < -0.39 is 12.0 Å². The molecule has 0 aliphatic carbocycles. The quantitative estimate of drug-likeness (QED) is 0.235. The van der Waals surface area contributed by atoms with Gasteiger partial charge in [0, 0.05) is 18.2 Å². The Bertz CT molecular complexity index is 1200. The highest BCUT2D eigenvalue weighted by Gasteiger charge is 2.24. The zero-order valence-corrected chi connectivity index (χ0v) is 24.2. The number of aryl methyl sites for hydroxylation is 1. The van der Waals surface area contributed by atoms with Crippen LogP contribution in [0.2, 0.25) is 0 Å². The van der Waals surface area contributed by atoms with Gasteiger partial charge in [-0.1, -0.05) is 67.6 Å². The minimum absolute atomic E-state index is 0.204. The van der Waals surface area contributed by atoms with Gasteiger partial charge in [0.05, 0.1) is 20.3 Å². The number of esters is 1. The highest BCUT2D eigenvalue weighted by atomic mass is 32.2. The second-order valence-corrected chi connectivity index (χ2v) is 10.5. The summed E-state index contributed by atoms with van der Waals surface area (Å²) >= 11 is 1.62. The second-order valence-electron chi connectivity index (χ2n) is 9.51. The third-order valence-corrected chi connectivity index (χ3v) is 7.33. The lowest BCUT2D eigenvalue weighted by Gasteiger charge is -2.20. The predicted molar refractivity (Wildman–Crippen MR) is 160 cm³/mol. The van der Waals surface area contributed by atoms with Crippen molar-refractivity contribution in [3.05, 3.63) is 95.1 Å². The normalized spacial score (nSPS) is 12.5. The average Bonchev–Trinajstić information content (AvgIpc) is 2.97. The summed E-state index contributed by atoms with van der Waals surface area (Å²) in [6.07, 6.45) is 3.41. The molecule has 3 aromatic carbocycles. The molecular formula is C32H40N2O4S. The van der Waals surface area contributed by atoms with E-state index in [1.807, 2.05) is 67.8 Å². The molecule has 3 rings (SSSR count). The maximum absolute atomic E-state index is 13.4. The highest BCUT2D eigenvalue weighted by molar-refractivity contribution is 7.98. The van der Waals surface area contributed by atoms with Crippen molar-refractivity contribution in [2.24, 2.45) is 0 Å². The summed E-state index contributed by atoms with van der Waals surface area (Å²) in [6, 6.07) is 23.6. The molecule has 208 valence electrons. The molecule has 39 heavy (non-hydrogen) atoms. The van der Waals surface area contributed by atoms with Crippen molar-refractivity contribution in [2.75, 3.05) is 25.7 Å². The SMILES string of the molecule is CC[C@H](COCc1ccccc1)NCc1ccc(C(=O)N[C@@H](CCSC)C(=O)OC)c(-c2ccccc2C)c1. The van der Waals surface area contributed by atoms with E-state index in [2.05, 4.69) is 35.8 Å². The summed E-state index contributed by atoms with van der Waals surface area (Å²) in [4.78, 5) is 25.8. The monoisotopic (exact) mass is 548 g/mol. The van der Waals surface area contributed by atoms with Crippen molar-refractivity contribution in [3.63, 3.8) is 0 Å². The number of carbonyl (C=O) groups excluding carboxylic acids is 2. The first-order valence-corrected chi connectivity index (χ1v) is 14.8. The van der Waals surface area contributed by atoms with Crippen LogP contribution in [-0.2, 0) is 27.4 Å². The summed E-state index contributed by atoms with van der Waals surface area (Å²) in [5.41, 5.74) is 5.66. The van der Waals surface area contributed by atoms with E-state index in [0.29, 0.717) is 31.7 Å². The van der Waals surface area contributed by atoms with Crippen molar-refractivity contribution in [2.45, 2.75) is 51.9 Å². The van der Waals surface area contributed by atoms with Crippen molar-refractivity contribution in [1.82, 2.24) is 10.6 Å². The standard InChI is InChI=1S/C32H40N2O4S/c1-5-26(22-38-21-24-12-7-6-8-13-24)33-20-25-15-16-28(29(19-25)27-14-10-9-11-23(27)2)31(35)34-30(17-18-39-4)32(36)37-3/h6-16,19,26,30,33H,5,17-18,20-22H2,1-4H3,(H,34,35)/t26-,30+/m1/s1. The number of amides is 1. The maximum atomic E-state index is 13.4. The zero-order valence-electron chi connectivity index (χ0n) is 23.4. The summed E-state index contributed by atoms with van der Waals surface area (Å²) in [7, 11) is 1.34. The molecule has 0 unspecified atom stereocenters. The molecule has 0 fully saturated rings. The van der Waals surface area contributed by atoms with Crippen LogP contribution in [-0.4, -0.2) is 49.7 Å². The Morgan fingerprint density at radius 1 is 0.949 bits per heavy atom. The third kappa shape index (κ3) is 9.24. The van der Waals surface area contributed by atoms with Crippen LogP contribution >= 0.6 is 11.8 Å². The lowest BCUT2D eigenvalue weighted by atomic mass is 9.93. The molecule has 0 radical (unpaired) electrons. The summed E-state index contributed by atoms with van der Waals surface area (Å²) < 4.78 is 10.9. The number of benzene rings is 3. The van der Waals surface area contributed by atoms with Gasteiger partial charge < -0.3 is 20.1 Å². The number of hydrogen-bond acceptors (Lipinski definition) is 6. The summed E-state index contributed by atoms with van der Waals surface area (Å²) in [5, 5.41) is 6.51. The van der Waals surface area contributed by atoms with E-state index in [9.17, 15) is 9.59 Å². The first kappa shape index (κ1) is 30.4. The molecule has 3 aromatic rings. The van der Waals surface area contributed by atoms with Crippen molar-refractivity contribution in [1.29, 1.82) is 0 Å². The molecule has 0 aromatic heterocycles. The predicted octanol–water partition coefficient (Wildman–Crippen LogP) is 5.77. The molecule has 0 spiro atoms. The van der Waals surface area contributed by atoms with Crippen LogP contribution in [0.3, 0.4) is 0 Å². The average molecular weight is 549 g/mol. The molecule has 0 heterocycles. The van der Waals surface area contributed by atoms with Gasteiger partial charge in [0.25, 0.3) is 5.91 Å². The highest BCUT2D eigenvalue weighted by Crippen LogP contribution is 2.28. The van der Waals surface area contributed by atoms with Gasteiger partial charge in [-0.05, 0) is 71.7 Å². The third-order valence-electron chi connectivity index (χ3n) is 6.68. The Kier molecular flexibility index (Phi) is 12.5. The summed E-state index contributed by atoms with van der Waals surface area (Å²) in [5.74, 6) is 0.0175. The first-order chi connectivity index (χ1) is 19.0.